The molecule has 2 rings (SSSR count). The van der Waals surface area contributed by atoms with Crippen LogP contribution in [0.1, 0.15) is 32.1 Å². The van der Waals surface area contributed by atoms with Crippen LogP contribution in [0.5, 0.6) is 0 Å². The fraction of sp³-hybridized carbons (Fsp3) is 0.636. The van der Waals surface area contributed by atoms with Crippen LogP contribution in [-0.2, 0) is 4.79 Å². The highest BCUT2D eigenvalue weighted by molar-refractivity contribution is 8.01. The van der Waals surface area contributed by atoms with Gasteiger partial charge >= 0.3 is 0 Å². The summed E-state index contributed by atoms with van der Waals surface area (Å²) >= 11 is 2.77. The average molecular weight is 282 g/mol. The molecule has 1 amide bonds. The molecule has 1 N–H and O–H groups in total. The van der Waals surface area contributed by atoms with Crippen LogP contribution in [0.4, 0.5) is 0 Å². The maximum Gasteiger partial charge on any atom is 0.231 e. The molecule has 7 heteroatoms. The van der Waals surface area contributed by atoms with Crippen LogP contribution < -0.4 is 5.32 Å². The molecular weight excluding hydrogens is 268 g/mol. The number of carbonyl (C=O) groups is 1. The predicted octanol–water partition coefficient (Wildman–Crippen LogP) is 1.97. The Labute approximate surface area is 114 Å². The number of carbonyl (C=O) groups excluding carboxylic acids is 1. The zero-order chi connectivity index (χ0) is 12.8. The lowest BCUT2D eigenvalue weighted by atomic mass is 9.83. The van der Waals surface area contributed by atoms with Crippen molar-refractivity contribution in [3.8, 4) is 6.07 Å². The van der Waals surface area contributed by atoms with Crippen LogP contribution in [0.15, 0.2) is 9.85 Å². The molecule has 1 aliphatic carbocycles. The van der Waals surface area contributed by atoms with Crippen molar-refractivity contribution < 1.29 is 4.79 Å². The van der Waals surface area contributed by atoms with E-state index < -0.39 is 5.54 Å². The Morgan fingerprint density at radius 3 is 2.94 bits per heavy atom. The molecule has 1 aromatic rings. The summed E-state index contributed by atoms with van der Waals surface area (Å²) in [5.41, 5.74) is 0.995. The molecule has 1 aromatic heterocycles. The van der Waals surface area contributed by atoms with Crippen LogP contribution in [0.25, 0.3) is 0 Å². The second-order valence-corrected chi connectivity index (χ2v) is 6.35. The van der Waals surface area contributed by atoms with Gasteiger partial charge in [-0.1, -0.05) is 42.4 Å². The summed E-state index contributed by atoms with van der Waals surface area (Å²) in [7, 11) is 0. The molecule has 96 valence electrons. The molecule has 0 aromatic carbocycles. The standard InChI is InChI=1S/C11H14N4OS2/c12-7-11(4-2-1-3-5-11)14-9(16)6-17-10-15-13-8-18-10/h8H,1-6H2,(H,14,16). The highest BCUT2D eigenvalue weighted by Gasteiger charge is 2.33. The minimum absolute atomic E-state index is 0.0985. The lowest BCUT2D eigenvalue weighted by Crippen LogP contribution is -2.49. The third kappa shape index (κ3) is 3.43. The van der Waals surface area contributed by atoms with Gasteiger partial charge in [0.1, 0.15) is 11.0 Å². The molecule has 1 aliphatic rings. The largest absolute Gasteiger partial charge is 0.337 e. The molecule has 0 unspecified atom stereocenters. The van der Waals surface area contributed by atoms with Crippen molar-refractivity contribution in [1.29, 1.82) is 5.26 Å². The number of aromatic nitrogens is 2. The topological polar surface area (TPSA) is 78.7 Å². The van der Waals surface area contributed by atoms with E-state index in [1.165, 1.54) is 23.1 Å². The van der Waals surface area contributed by atoms with Crippen LogP contribution in [0, 0.1) is 11.3 Å². The van der Waals surface area contributed by atoms with Gasteiger partial charge in [0.2, 0.25) is 5.91 Å². The minimum Gasteiger partial charge on any atom is -0.337 e. The van der Waals surface area contributed by atoms with E-state index in [1.54, 1.807) is 5.51 Å². The molecule has 1 heterocycles. The molecule has 0 radical (unpaired) electrons. The Morgan fingerprint density at radius 2 is 2.33 bits per heavy atom. The Kier molecular flexibility index (Phi) is 4.55. The highest BCUT2D eigenvalue weighted by Crippen LogP contribution is 2.28. The number of nitrogens with one attached hydrogen (secondary N) is 1. The first-order valence-electron chi connectivity index (χ1n) is 5.85. The van der Waals surface area contributed by atoms with Gasteiger partial charge in [-0.2, -0.15) is 5.26 Å². The van der Waals surface area contributed by atoms with Gasteiger partial charge in [-0.15, -0.1) is 10.2 Å². The number of hydrogen-bond donors (Lipinski definition) is 1. The van der Waals surface area contributed by atoms with Crippen molar-refractivity contribution >= 4 is 29.0 Å². The van der Waals surface area contributed by atoms with E-state index >= 15 is 0 Å². The Hall–Kier alpha value is -1.13. The van der Waals surface area contributed by atoms with Gasteiger partial charge in [-0.3, -0.25) is 4.79 Å². The minimum atomic E-state index is -0.642. The number of nitrogens with zero attached hydrogens (tertiary/aromatic N) is 3. The van der Waals surface area contributed by atoms with Crippen molar-refractivity contribution in [2.45, 2.75) is 42.0 Å². The normalized spacial score (nSPS) is 17.9. The van der Waals surface area contributed by atoms with E-state index in [1.807, 2.05) is 0 Å². The van der Waals surface area contributed by atoms with Crippen molar-refractivity contribution in [3.05, 3.63) is 5.51 Å². The van der Waals surface area contributed by atoms with E-state index in [0.29, 0.717) is 5.75 Å². The lowest BCUT2D eigenvalue weighted by Gasteiger charge is -2.31. The predicted molar refractivity (Wildman–Crippen MR) is 70.2 cm³/mol. The van der Waals surface area contributed by atoms with E-state index in [0.717, 1.165) is 36.4 Å². The summed E-state index contributed by atoms with van der Waals surface area (Å²) in [6.07, 6.45) is 4.70. The summed E-state index contributed by atoms with van der Waals surface area (Å²) in [6.45, 7) is 0. The first kappa shape index (κ1) is 13.3. The summed E-state index contributed by atoms with van der Waals surface area (Å²) < 4.78 is 0.778. The third-order valence-electron chi connectivity index (χ3n) is 2.97. The van der Waals surface area contributed by atoms with Gasteiger partial charge in [0.15, 0.2) is 4.34 Å². The summed E-state index contributed by atoms with van der Waals surface area (Å²) in [6, 6.07) is 2.27. The summed E-state index contributed by atoms with van der Waals surface area (Å²) in [4.78, 5) is 11.8. The number of rotatable bonds is 4. The highest BCUT2D eigenvalue weighted by atomic mass is 32.2. The first-order valence-corrected chi connectivity index (χ1v) is 7.72. The number of thioether (sulfide) groups is 1. The smallest absolute Gasteiger partial charge is 0.231 e. The second kappa shape index (κ2) is 6.16. The monoisotopic (exact) mass is 282 g/mol. The fourth-order valence-electron chi connectivity index (χ4n) is 2.08. The van der Waals surface area contributed by atoms with Crippen molar-refractivity contribution in [1.82, 2.24) is 15.5 Å². The Balaban J connectivity index is 1.84. The van der Waals surface area contributed by atoms with Gasteiger partial charge < -0.3 is 5.32 Å². The molecule has 0 spiro atoms. The van der Waals surface area contributed by atoms with E-state index in [-0.39, 0.29) is 5.91 Å². The molecule has 0 atom stereocenters. The molecule has 0 bridgehead atoms. The maximum atomic E-state index is 11.8. The third-order valence-corrected chi connectivity index (χ3v) is 4.83. The van der Waals surface area contributed by atoms with Gasteiger partial charge in [0.05, 0.1) is 11.8 Å². The number of hydrogen-bond acceptors (Lipinski definition) is 6. The lowest BCUT2D eigenvalue weighted by molar-refractivity contribution is -0.120. The van der Waals surface area contributed by atoms with Gasteiger partial charge in [0.25, 0.3) is 0 Å². The first-order chi connectivity index (χ1) is 8.74. The Bertz CT molecular complexity index is 434. The zero-order valence-corrected chi connectivity index (χ0v) is 11.5. The van der Waals surface area contributed by atoms with E-state index in [4.69, 9.17) is 0 Å². The molecule has 0 aliphatic heterocycles. The van der Waals surface area contributed by atoms with Crippen LogP contribution >= 0.6 is 23.1 Å². The molecule has 0 saturated heterocycles. The van der Waals surface area contributed by atoms with Crippen LogP contribution in [0.2, 0.25) is 0 Å². The summed E-state index contributed by atoms with van der Waals surface area (Å²) in [5.74, 6) is 0.192. The molecule has 18 heavy (non-hydrogen) atoms. The maximum absolute atomic E-state index is 11.8. The second-order valence-electron chi connectivity index (χ2n) is 4.30. The van der Waals surface area contributed by atoms with Crippen LogP contribution in [-0.4, -0.2) is 27.4 Å². The van der Waals surface area contributed by atoms with Crippen molar-refractivity contribution in [2.75, 3.05) is 5.75 Å². The van der Waals surface area contributed by atoms with Gasteiger partial charge in [-0.05, 0) is 12.8 Å². The molecular formula is C11H14N4OS2. The van der Waals surface area contributed by atoms with Gasteiger partial charge in [-0.25, -0.2) is 0 Å². The fourth-order valence-corrected chi connectivity index (χ4v) is 3.36. The summed E-state index contributed by atoms with van der Waals surface area (Å²) in [5, 5.41) is 19.7. The average Bonchev–Trinajstić information content (AvgIpc) is 2.91. The molecule has 1 saturated carbocycles. The Morgan fingerprint density at radius 1 is 1.56 bits per heavy atom. The van der Waals surface area contributed by atoms with E-state index in [2.05, 4.69) is 21.6 Å². The zero-order valence-electron chi connectivity index (χ0n) is 9.89. The quantitative estimate of drug-likeness (QED) is 0.854. The van der Waals surface area contributed by atoms with Gasteiger partial charge in [0, 0.05) is 0 Å². The van der Waals surface area contributed by atoms with Crippen LogP contribution in [0.3, 0.4) is 0 Å². The SMILES string of the molecule is N#CC1(NC(=O)CSc2nncs2)CCCCC1. The molecule has 5 nitrogen and oxygen atoms in total. The van der Waals surface area contributed by atoms with Crippen molar-refractivity contribution in [3.63, 3.8) is 0 Å². The van der Waals surface area contributed by atoms with E-state index in [9.17, 15) is 10.1 Å². The number of nitriles is 1. The molecule has 1 fully saturated rings. The van der Waals surface area contributed by atoms with Crippen molar-refractivity contribution in [2.24, 2.45) is 0 Å². The number of amides is 1.